The number of nitrogens with one attached hydrogen (secondary N) is 2. The van der Waals surface area contributed by atoms with Gasteiger partial charge in [0.15, 0.2) is 0 Å². The minimum Gasteiger partial charge on any atom is -0.497 e. The predicted octanol–water partition coefficient (Wildman–Crippen LogP) is 3.33. The van der Waals surface area contributed by atoms with E-state index in [0.29, 0.717) is 11.4 Å². The Morgan fingerprint density at radius 2 is 1.88 bits per heavy atom. The molecule has 25 heavy (non-hydrogen) atoms. The maximum absolute atomic E-state index is 11.9. The molecule has 130 valence electrons. The Kier molecular flexibility index (Phi) is 7.16. The molecule has 0 aromatic heterocycles. The molecule has 0 aliphatic heterocycles. The van der Waals surface area contributed by atoms with Crippen LogP contribution in [0.25, 0.3) is 0 Å². The second kappa shape index (κ2) is 9.58. The number of benzene rings is 2. The third-order valence-corrected chi connectivity index (χ3v) is 3.92. The molecule has 0 atom stereocenters. The van der Waals surface area contributed by atoms with Crippen molar-refractivity contribution < 1.29 is 14.3 Å². The lowest BCUT2D eigenvalue weighted by atomic mass is 10.2. The van der Waals surface area contributed by atoms with Gasteiger partial charge in [-0.25, -0.2) is 5.43 Å². The molecule has 0 spiro atoms. The van der Waals surface area contributed by atoms with Gasteiger partial charge in [-0.15, -0.1) is 0 Å². The van der Waals surface area contributed by atoms with E-state index in [9.17, 15) is 9.59 Å². The van der Waals surface area contributed by atoms with Crippen LogP contribution in [-0.2, 0) is 9.59 Å². The summed E-state index contributed by atoms with van der Waals surface area (Å²) in [6.07, 6.45) is 1.63. The number of rotatable bonds is 7. The Labute approximate surface area is 154 Å². The molecule has 0 aliphatic rings. The van der Waals surface area contributed by atoms with Gasteiger partial charge in [0.05, 0.1) is 19.0 Å². The number of hydrazone groups is 1. The molecule has 2 rings (SSSR count). The summed E-state index contributed by atoms with van der Waals surface area (Å²) in [6, 6.07) is 14.6. The number of hydrogen-bond acceptors (Lipinski definition) is 4. The van der Waals surface area contributed by atoms with Gasteiger partial charge in [-0.2, -0.15) is 5.10 Å². The fourth-order valence-corrected chi connectivity index (χ4v) is 2.34. The minimum absolute atomic E-state index is 0.0474. The summed E-state index contributed by atoms with van der Waals surface area (Å²) in [6.45, 7) is 0. The number of amides is 2. The molecule has 0 saturated heterocycles. The lowest BCUT2D eigenvalue weighted by Crippen LogP contribution is -2.20. The highest BCUT2D eigenvalue weighted by atomic mass is 79.9. The summed E-state index contributed by atoms with van der Waals surface area (Å²) in [4.78, 5) is 23.6. The van der Waals surface area contributed by atoms with Crippen LogP contribution in [0, 0.1) is 0 Å². The van der Waals surface area contributed by atoms with Crippen LogP contribution < -0.4 is 15.5 Å². The highest BCUT2D eigenvalue weighted by Gasteiger charge is 2.08. The monoisotopic (exact) mass is 403 g/mol. The van der Waals surface area contributed by atoms with Gasteiger partial charge in [-0.1, -0.05) is 24.3 Å². The summed E-state index contributed by atoms with van der Waals surface area (Å²) < 4.78 is 5.90. The first kappa shape index (κ1) is 18.7. The molecule has 0 saturated carbocycles. The van der Waals surface area contributed by atoms with E-state index in [1.807, 2.05) is 36.4 Å². The van der Waals surface area contributed by atoms with Crippen LogP contribution in [0.15, 0.2) is 58.1 Å². The van der Waals surface area contributed by atoms with E-state index in [2.05, 4.69) is 31.8 Å². The second-order valence-electron chi connectivity index (χ2n) is 5.10. The van der Waals surface area contributed by atoms with E-state index in [0.717, 1.165) is 10.0 Å². The quantitative estimate of drug-likeness (QED) is 0.549. The second-order valence-corrected chi connectivity index (χ2v) is 5.95. The van der Waals surface area contributed by atoms with E-state index < -0.39 is 0 Å². The molecule has 2 N–H and O–H groups in total. The number of anilines is 1. The first-order chi connectivity index (χ1) is 12.1. The normalized spacial score (nSPS) is 10.5. The zero-order chi connectivity index (χ0) is 18.1. The number of ether oxygens (including phenoxy) is 1. The third-order valence-electron chi connectivity index (χ3n) is 3.22. The molecule has 0 radical (unpaired) electrons. The van der Waals surface area contributed by atoms with Gasteiger partial charge in [-0.3, -0.25) is 9.59 Å². The van der Waals surface area contributed by atoms with Gasteiger partial charge < -0.3 is 10.1 Å². The first-order valence-corrected chi connectivity index (χ1v) is 8.38. The molecule has 7 heteroatoms. The molecular formula is C18H18BrN3O3. The van der Waals surface area contributed by atoms with Crippen molar-refractivity contribution in [3.05, 3.63) is 58.6 Å². The van der Waals surface area contributed by atoms with Gasteiger partial charge in [0.25, 0.3) is 0 Å². The number of para-hydroxylation sites is 1. The van der Waals surface area contributed by atoms with Crippen molar-refractivity contribution >= 4 is 39.6 Å². The van der Waals surface area contributed by atoms with Crippen LogP contribution in [0.2, 0.25) is 0 Å². The molecular weight excluding hydrogens is 386 g/mol. The van der Waals surface area contributed by atoms with Crippen molar-refractivity contribution in [3.8, 4) is 5.75 Å². The molecule has 2 aromatic rings. The standard InChI is InChI=1S/C18H18BrN3O3/c1-25-14-6-4-5-13(11-14)12-20-22-18(24)10-9-17(23)21-16-8-3-2-7-15(16)19/h2-8,11-12H,9-10H2,1H3,(H,21,23)(H,22,24)/b20-12+. The van der Waals surface area contributed by atoms with Crippen LogP contribution in [0.1, 0.15) is 18.4 Å². The molecule has 0 fully saturated rings. The Balaban J connectivity index is 1.75. The first-order valence-electron chi connectivity index (χ1n) is 7.59. The highest BCUT2D eigenvalue weighted by Crippen LogP contribution is 2.21. The zero-order valence-corrected chi connectivity index (χ0v) is 15.2. The van der Waals surface area contributed by atoms with E-state index in [4.69, 9.17) is 4.74 Å². The van der Waals surface area contributed by atoms with Crippen LogP contribution in [0.4, 0.5) is 5.69 Å². The molecule has 6 nitrogen and oxygen atoms in total. The lowest BCUT2D eigenvalue weighted by molar-refractivity contribution is -0.124. The molecule has 0 aliphatic carbocycles. The maximum Gasteiger partial charge on any atom is 0.240 e. The van der Waals surface area contributed by atoms with E-state index in [-0.39, 0.29) is 24.7 Å². The van der Waals surface area contributed by atoms with E-state index >= 15 is 0 Å². The zero-order valence-electron chi connectivity index (χ0n) is 13.7. The van der Waals surface area contributed by atoms with Gasteiger partial charge in [0, 0.05) is 17.3 Å². The third kappa shape index (κ3) is 6.39. The summed E-state index contributed by atoms with van der Waals surface area (Å²) in [5.41, 5.74) is 3.87. The molecule has 0 unspecified atom stereocenters. The van der Waals surface area contributed by atoms with Crippen molar-refractivity contribution in [2.45, 2.75) is 12.8 Å². The molecule has 0 bridgehead atoms. The number of halogens is 1. The minimum atomic E-state index is -0.332. The van der Waals surface area contributed by atoms with E-state index in [1.165, 1.54) is 6.21 Å². The molecule has 2 amide bonds. The number of nitrogens with zero attached hydrogens (tertiary/aromatic N) is 1. The van der Waals surface area contributed by atoms with Crippen molar-refractivity contribution in [1.82, 2.24) is 5.43 Å². The van der Waals surface area contributed by atoms with Crippen LogP contribution in [0.3, 0.4) is 0 Å². The van der Waals surface area contributed by atoms with Gasteiger partial charge in [0.2, 0.25) is 11.8 Å². The Hall–Kier alpha value is -2.67. The lowest BCUT2D eigenvalue weighted by Gasteiger charge is -2.06. The number of carbonyl (C=O) groups is 2. The fourth-order valence-electron chi connectivity index (χ4n) is 1.96. The SMILES string of the molecule is COc1cccc(/C=N/NC(=O)CCC(=O)Nc2ccccc2Br)c1. The fraction of sp³-hybridized carbons (Fsp3) is 0.167. The number of hydrogen-bond donors (Lipinski definition) is 2. The maximum atomic E-state index is 11.9. The highest BCUT2D eigenvalue weighted by molar-refractivity contribution is 9.10. The number of methoxy groups -OCH3 is 1. The summed E-state index contributed by atoms with van der Waals surface area (Å²) in [7, 11) is 1.58. The summed E-state index contributed by atoms with van der Waals surface area (Å²) >= 11 is 3.35. The average Bonchev–Trinajstić information content (AvgIpc) is 2.62. The summed E-state index contributed by atoms with van der Waals surface area (Å²) in [5, 5.41) is 6.62. The van der Waals surface area contributed by atoms with Gasteiger partial charge >= 0.3 is 0 Å². The molecule has 0 heterocycles. The van der Waals surface area contributed by atoms with Gasteiger partial charge in [0.1, 0.15) is 5.75 Å². The van der Waals surface area contributed by atoms with Crippen molar-refractivity contribution in [2.75, 3.05) is 12.4 Å². The molecule has 2 aromatic carbocycles. The number of carbonyl (C=O) groups excluding carboxylic acids is 2. The largest absolute Gasteiger partial charge is 0.497 e. The van der Waals surface area contributed by atoms with E-state index in [1.54, 1.807) is 19.2 Å². The van der Waals surface area contributed by atoms with Crippen LogP contribution in [-0.4, -0.2) is 25.1 Å². The van der Waals surface area contributed by atoms with Gasteiger partial charge in [-0.05, 0) is 45.8 Å². The predicted molar refractivity (Wildman–Crippen MR) is 101 cm³/mol. The Morgan fingerprint density at radius 3 is 2.64 bits per heavy atom. The van der Waals surface area contributed by atoms with Crippen LogP contribution >= 0.6 is 15.9 Å². The Morgan fingerprint density at radius 1 is 1.12 bits per heavy atom. The van der Waals surface area contributed by atoms with Crippen molar-refractivity contribution in [2.24, 2.45) is 5.10 Å². The average molecular weight is 404 g/mol. The smallest absolute Gasteiger partial charge is 0.240 e. The topological polar surface area (TPSA) is 79.8 Å². The Bertz CT molecular complexity index is 778. The van der Waals surface area contributed by atoms with Crippen molar-refractivity contribution in [3.63, 3.8) is 0 Å². The summed E-state index contributed by atoms with van der Waals surface area (Å²) in [5.74, 6) is 0.138. The van der Waals surface area contributed by atoms with Crippen molar-refractivity contribution in [1.29, 1.82) is 0 Å². The van der Waals surface area contributed by atoms with Crippen LogP contribution in [0.5, 0.6) is 5.75 Å².